The van der Waals surface area contributed by atoms with Gasteiger partial charge in [-0.05, 0) is 30.4 Å². The minimum absolute atomic E-state index is 0.0578. The van der Waals surface area contributed by atoms with E-state index in [-0.39, 0.29) is 11.8 Å². The van der Waals surface area contributed by atoms with E-state index in [2.05, 4.69) is 46.4 Å². The van der Waals surface area contributed by atoms with E-state index in [4.69, 9.17) is 4.74 Å². The van der Waals surface area contributed by atoms with Crippen molar-refractivity contribution in [1.82, 2.24) is 9.88 Å². The van der Waals surface area contributed by atoms with Crippen molar-refractivity contribution < 1.29 is 9.53 Å². The van der Waals surface area contributed by atoms with Crippen molar-refractivity contribution in [1.29, 1.82) is 0 Å². The highest BCUT2D eigenvalue weighted by Gasteiger charge is 2.22. The molecule has 4 nitrogen and oxygen atoms in total. The van der Waals surface area contributed by atoms with E-state index in [9.17, 15) is 4.79 Å². The Hall–Kier alpha value is -1.81. The Morgan fingerprint density at radius 2 is 2.25 bits per heavy atom. The van der Waals surface area contributed by atoms with Gasteiger partial charge in [0.15, 0.2) is 0 Å². The number of aromatic nitrogens is 1. The van der Waals surface area contributed by atoms with Gasteiger partial charge in [-0.3, -0.25) is 4.79 Å². The summed E-state index contributed by atoms with van der Waals surface area (Å²) in [7, 11) is 0. The average Bonchev–Trinajstić information content (AvgIpc) is 3.13. The number of carbonyl (C=O) groups is 1. The van der Waals surface area contributed by atoms with Crippen LogP contribution >= 0.6 is 0 Å². The van der Waals surface area contributed by atoms with Gasteiger partial charge in [0.1, 0.15) is 0 Å². The van der Waals surface area contributed by atoms with E-state index in [1.54, 1.807) is 0 Å². The smallest absolute Gasteiger partial charge is 0.225 e. The first kappa shape index (κ1) is 13.2. The molecule has 1 atom stereocenters. The number of nitrogens with zero attached hydrogens (tertiary/aromatic N) is 1. The average molecular weight is 272 g/mol. The van der Waals surface area contributed by atoms with E-state index in [0.29, 0.717) is 13.2 Å². The molecule has 1 aromatic heterocycles. The second-order valence-electron chi connectivity index (χ2n) is 5.27. The lowest BCUT2D eigenvalue weighted by Gasteiger charge is -2.10. The Morgan fingerprint density at radius 3 is 3.10 bits per heavy atom. The maximum Gasteiger partial charge on any atom is 0.225 e. The molecule has 0 spiro atoms. The number of hydrogen-bond acceptors (Lipinski definition) is 2. The number of benzene rings is 1. The molecule has 106 valence electrons. The van der Waals surface area contributed by atoms with Gasteiger partial charge in [0.05, 0.1) is 12.5 Å². The summed E-state index contributed by atoms with van der Waals surface area (Å²) in [6, 6.07) is 10.5. The molecule has 0 bridgehead atoms. The standard InChI is InChI=1S/C16H20N2O2/c19-16(14-7-11-20-12-14)17-8-3-9-18-10-6-13-4-1-2-5-15(13)18/h1-2,4-6,10,14H,3,7-9,11-12H2,(H,17,19). The molecule has 1 saturated heterocycles. The van der Waals surface area contributed by atoms with Gasteiger partial charge in [-0.15, -0.1) is 0 Å². The predicted molar refractivity (Wildman–Crippen MR) is 78.5 cm³/mol. The van der Waals surface area contributed by atoms with Crippen LogP contribution in [0.3, 0.4) is 0 Å². The van der Waals surface area contributed by atoms with Crippen LogP contribution in [0.25, 0.3) is 10.9 Å². The number of rotatable bonds is 5. The van der Waals surface area contributed by atoms with Crippen LogP contribution in [0.15, 0.2) is 36.5 Å². The molecule has 4 heteroatoms. The van der Waals surface area contributed by atoms with Gasteiger partial charge in [-0.2, -0.15) is 0 Å². The molecule has 0 aliphatic carbocycles. The summed E-state index contributed by atoms with van der Waals surface area (Å²) in [4.78, 5) is 11.8. The van der Waals surface area contributed by atoms with Crippen molar-refractivity contribution >= 4 is 16.8 Å². The lowest BCUT2D eigenvalue weighted by atomic mass is 10.1. The molecule has 1 unspecified atom stereocenters. The zero-order chi connectivity index (χ0) is 13.8. The van der Waals surface area contributed by atoms with Crippen LogP contribution in [-0.4, -0.2) is 30.2 Å². The van der Waals surface area contributed by atoms with Gasteiger partial charge in [0, 0.05) is 31.4 Å². The fraction of sp³-hybridized carbons (Fsp3) is 0.438. The Labute approximate surface area is 118 Å². The summed E-state index contributed by atoms with van der Waals surface area (Å²) in [6.45, 7) is 2.94. The fourth-order valence-corrected chi connectivity index (χ4v) is 2.68. The predicted octanol–water partition coefficient (Wildman–Crippen LogP) is 2.18. The highest BCUT2D eigenvalue weighted by atomic mass is 16.5. The van der Waals surface area contributed by atoms with Crippen molar-refractivity contribution in [2.45, 2.75) is 19.4 Å². The number of aryl methyl sites for hydroxylation is 1. The molecule has 2 heterocycles. The summed E-state index contributed by atoms with van der Waals surface area (Å²) in [5.74, 6) is 0.197. The number of para-hydroxylation sites is 1. The number of amides is 1. The summed E-state index contributed by atoms with van der Waals surface area (Å²) >= 11 is 0. The van der Waals surface area contributed by atoms with Crippen molar-refractivity contribution in [2.24, 2.45) is 5.92 Å². The number of nitrogens with one attached hydrogen (secondary N) is 1. The maximum absolute atomic E-state index is 11.8. The highest BCUT2D eigenvalue weighted by molar-refractivity contribution is 5.80. The summed E-state index contributed by atoms with van der Waals surface area (Å²) < 4.78 is 7.46. The molecule has 0 radical (unpaired) electrons. The largest absolute Gasteiger partial charge is 0.381 e. The van der Waals surface area contributed by atoms with Crippen molar-refractivity contribution in [3.05, 3.63) is 36.5 Å². The lowest BCUT2D eigenvalue weighted by Crippen LogP contribution is -2.32. The molecule has 2 aromatic rings. The molecular formula is C16H20N2O2. The van der Waals surface area contributed by atoms with Crippen LogP contribution < -0.4 is 5.32 Å². The van der Waals surface area contributed by atoms with Crippen LogP contribution in [0.1, 0.15) is 12.8 Å². The minimum atomic E-state index is 0.0578. The van der Waals surface area contributed by atoms with Gasteiger partial charge < -0.3 is 14.6 Å². The number of ether oxygens (including phenoxy) is 1. The second kappa shape index (κ2) is 6.09. The quantitative estimate of drug-likeness (QED) is 0.848. The Balaban J connectivity index is 1.47. The van der Waals surface area contributed by atoms with E-state index >= 15 is 0 Å². The normalized spacial score (nSPS) is 18.5. The van der Waals surface area contributed by atoms with Crippen LogP contribution in [0, 0.1) is 5.92 Å². The number of hydrogen-bond donors (Lipinski definition) is 1. The first-order chi connectivity index (χ1) is 9.84. The molecule has 0 saturated carbocycles. The molecule has 1 aliphatic rings. The van der Waals surface area contributed by atoms with Gasteiger partial charge in [0.2, 0.25) is 5.91 Å². The molecule has 3 rings (SSSR count). The lowest BCUT2D eigenvalue weighted by molar-refractivity contribution is -0.124. The third-order valence-corrected chi connectivity index (χ3v) is 3.86. The summed E-state index contributed by atoms with van der Waals surface area (Å²) in [6.07, 6.45) is 3.91. The molecule has 1 aromatic carbocycles. The zero-order valence-corrected chi connectivity index (χ0v) is 11.5. The second-order valence-corrected chi connectivity index (χ2v) is 5.27. The van der Waals surface area contributed by atoms with Crippen LogP contribution in [0.2, 0.25) is 0 Å². The Bertz CT molecular complexity index is 585. The van der Waals surface area contributed by atoms with Gasteiger partial charge in [-0.25, -0.2) is 0 Å². The van der Waals surface area contributed by atoms with Crippen molar-refractivity contribution in [2.75, 3.05) is 19.8 Å². The fourth-order valence-electron chi connectivity index (χ4n) is 2.68. The zero-order valence-electron chi connectivity index (χ0n) is 11.5. The van der Waals surface area contributed by atoms with Crippen LogP contribution in [-0.2, 0) is 16.1 Å². The molecule has 1 amide bonds. The molecule has 1 fully saturated rings. The minimum Gasteiger partial charge on any atom is -0.381 e. The monoisotopic (exact) mass is 272 g/mol. The van der Waals surface area contributed by atoms with Crippen LogP contribution in [0.5, 0.6) is 0 Å². The third kappa shape index (κ3) is 2.85. The van der Waals surface area contributed by atoms with Crippen molar-refractivity contribution in [3.63, 3.8) is 0 Å². The summed E-state index contributed by atoms with van der Waals surface area (Å²) in [5, 5.41) is 4.27. The Kier molecular flexibility index (Phi) is 4.02. The Morgan fingerprint density at radius 1 is 1.35 bits per heavy atom. The van der Waals surface area contributed by atoms with Crippen LogP contribution in [0.4, 0.5) is 0 Å². The summed E-state index contributed by atoms with van der Waals surface area (Å²) in [5.41, 5.74) is 1.25. The van der Waals surface area contributed by atoms with E-state index in [1.807, 2.05) is 0 Å². The topological polar surface area (TPSA) is 43.3 Å². The van der Waals surface area contributed by atoms with E-state index < -0.39 is 0 Å². The first-order valence-electron chi connectivity index (χ1n) is 7.24. The van der Waals surface area contributed by atoms with Gasteiger partial charge in [-0.1, -0.05) is 18.2 Å². The molecule has 1 aliphatic heterocycles. The first-order valence-corrected chi connectivity index (χ1v) is 7.24. The third-order valence-electron chi connectivity index (χ3n) is 3.86. The van der Waals surface area contributed by atoms with Gasteiger partial charge in [0.25, 0.3) is 0 Å². The SMILES string of the molecule is O=C(NCCCn1ccc2ccccc21)C1CCOC1. The van der Waals surface area contributed by atoms with E-state index in [0.717, 1.165) is 25.9 Å². The molecule has 1 N–H and O–H groups in total. The maximum atomic E-state index is 11.8. The van der Waals surface area contributed by atoms with Crippen molar-refractivity contribution in [3.8, 4) is 0 Å². The highest BCUT2D eigenvalue weighted by Crippen LogP contribution is 2.15. The number of carbonyl (C=O) groups excluding carboxylic acids is 1. The molecule has 20 heavy (non-hydrogen) atoms. The number of fused-ring (bicyclic) bond motifs is 1. The van der Waals surface area contributed by atoms with Gasteiger partial charge >= 0.3 is 0 Å². The molecular weight excluding hydrogens is 252 g/mol. The van der Waals surface area contributed by atoms with E-state index in [1.165, 1.54) is 10.9 Å².